The molecule has 1 heterocycles. The maximum absolute atomic E-state index is 11.5. The van der Waals surface area contributed by atoms with Crippen molar-refractivity contribution in [2.24, 2.45) is 0 Å². The highest BCUT2D eigenvalue weighted by Crippen LogP contribution is 2.10. The second-order valence-corrected chi connectivity index (χ2v) is 3.59. The molecule has 2 N–H and O–H groups in total. The third-order valence-corrected chi connectivity index (χ3v) is 2.36. The topological polar surface area (TPSA) is 70.1 Å². The molecule has 0 amide bonds. The van der Waals surface area contributed by atoms with E-state index in [1.807, 2.05) is 30.3 Å². The van der Waals surface area contributed by atoms with E-state index in [1.54, 1.807) is 10.8 Å². The van der Waals surface area contributed by atoms with Crippen molar-refractivity contribution in [3.8, 4) is 0 Å². The van der Waals surface area contributed by atoms with Gasteiger partial charge in [-0.25, -0.2) is 9.78 Å². The van der Waals surface area contributed by atoms with Crippen molar-refractivity contribution >= 4 is 11.8 Å². The number of anilines is 1. The van der Waals surface area contributed by atoms with Gasteiger partial charge in [-0.05, 0) is 5.56 Å². The molecular weight excluding hydrogens is 218 g/mol. The summed E-state index contributed by atoms with van der Waals surface area (Å²) in [5, 5.41) is 0. The van der Waals surface area contributed by atoms with Gasteiger partial charge >= 0.3 is 5.97 Å². The number of nitrogens with two attached hydrogens (primary N) is 1. The van der Waals surface area contributed by atoms with E-state index in [9.17, 15) is 4.79 Å². The average Bonchev–Trinajstić information content (AvgIpc) is 2.70. The molecule has 0 unspecified atom stereocenters. The fourth-order valence-corrected chi connectivity index (χ4v) is 1.59. The zero-order chi connectivity index (χ0) is 12.3. The number of ether oxygens (including phenoxy) is 1. The Balaban J connectivity index is 2.30. The molecule has 5 nitrogen and oxygen atoms in total. The molecule has 0 saturated heterocycles. The third-order valence-electron chi connectivity index (χ3n) is 2.36. The van der Waals surface area contributed by atoms with Gasteiger partial charge in [0, 0.05) is 12.7 Å². The van der Waals surface area contributed by atoms with Crippen LogP contribution < -0.4 is 5.73 Å². The molecule has 17 heavy (non-hydrogen) atoms. The van der Waals surface area contributed by atoms with Crippen molar-refractivity contribution in [2.75, 3.05) is 12.8 Å². The van der Waals surface area contributed by atoms with Crippen LogP contribution in [-0.4, -0.2) is 22.6 Å². The van der Waals surface area contributed by atoms with Gasteiger partial charge in [-0.2, -0.15) is 0 Å². The standard InChI is InChI=1S/C12H13N3O2/c1-17-12(16)11-14-10(13)8-15(11)7-9-5-3-2-4-6-9/h2-6,8H,7,13H2,1H3. The Morgan fingerprint density at radius 1 is 1.41 bits per heavy atom. The number of esters is 1. The van der Waals surface area contributed by atoms with Crippen LogP contribution in [-0.2, 0) is 11.3 Å². The number of hydrogen-bond acceptors (Lipinski definition) is 4. The van der Waals surface area contributed by atoms with Crippen LogP contribution >= 0.6 is 0 Å². The lowest BCUT2D eigenvalue weighted by Crippen LogP contribution is -2.12. The normalized spacial score (nSPS) is 10.2. The van der Waals surface area contributed by atoms with Crippen molar-refractivity contribution in [2.45, 2.75) is 6.54 Å². The molecule has 0 atom stereocenters. The molecule has 1 aromatic heterocycles. The summed E-state index contributed by atoms with van der Waals surface area (Å²) in [7, 11) is 1.32. The van der Waals surface area contributed by atoms with E-state index in [1.165, 1.54) is 7.11 Å². The molecule has 0 bridgehead atoms. The van der Waals surface area contributed by atoms with Gasteiger partial charge in [-0.1, -0.05) is 30.3 Å². The van der Waals surface area contributed by atoms with Crippen molar-refractivity contribution < 1.29 is 9.53 Å². The van der Waals surface area contributed by atoms with Gasteiger partial charge in [0.15, 0.2) is 0 Å². The van der Waals surface area contributed by atoms with E-state index in [0.29, 0.717) is 12.4 Å². The summed E-state index contributed by atoms with van der Waals surface area (Å²) in [5.41, 5.74) is 6.65. The van der Waals surface area contributed by atoms with Crippen LogP contribution in [0.5, 0.6) is 0 Å². The number of imidazole rings is 1. The number of benzene rings is 1. The Kier molecular flexibility index (Phi) is 3.09. The van der Waals surface area contributed by atoms with E-state index in [4.69, 9.17) is 5.73 Å². The zero-order valence-electron chi connectivity index (χ0n) is 9.46. The fourth-order valence-electron chi connectivity index (χ4n) is 1.59. The summed E-state index contributed by atoms with van der Waals surface area (Å²) in [6.45, 7) is 0.537. The van der Waals surface area contributed by atoms with Crippen LogP contribution in [0.1, 0.15) is 16.2 Å². The Bertz CT molecular complexity index is 520. The summed E-state index contributed by atoms with van der Waals surface area (Å²) in [5.74, 6) is 0.0350. The average molecular weight is 231 g/mol. The van der Waals surface area contributed by atoms with E-state index in [0.717, 1.165) is 5.56 Å². The highest BCUT2D eigenvalue weighted by molar-refractivity contribution is 5.86. The van der Waals surface area contributed by atoms with Gasteiger partial charge in [0.25, 0.3) is 0 Å². The lowest BCUT2D eigenvalue weighted by Gasteiger charge is -2.05. The first-order chi connectivity index (χ1) is 8.20. The molecule has 2 aromatic rings. The number of hydrogen-bond donors (Lipinski definition) is 1. The number of rotatable bonds is 3. The van der Waals surface area contributed by atoms with Crippen LogP contribution in [0.3, 0.4) is 0 Å². The largest absolute Gasteiger partial charge is 0.463 e. The first-order valence-electron chi connectivity index (χ1n) is 5.15. The molecule has 0 fully saturated rings. The molecule has 5 heteroatoms. The molecular formula is C12H13N3O2. The van der Waals surface area contributed by atoms with Gasteiger partial charge in [-0.3, -0.25) is 0 Å². The highest BCUT2D eigenvalue weighted by atomic mass is 16.5. The smallest absolute Gasteiger partial charge is 0.374 e. The van der Waals surface area contributed by atoms with Gasteiger partial charge < -0.3 is 15.0 Å². The SMILES string of the molecule is COC(=O)c1nc(N)cn1Cc1ccccc1. The van der Waals surface area contributed by atoms with Gasteiger partial charge in [-0.15, -0.1) is 0 Å². The number of nitrogen functional groups attached to an aromatic ring is 1. The van der Waals surface area contributed by atoms with Gasteiger partial charge in [0.2, 0.25) is 5.82 Å². The maximum Gasteiger partial charge on any atom is 0.374 e. The fraction of sp³-hybridized carbons (Fsp3) is 0.167. The minimum Gasteiger partial charge on any atom is -0.463 e. The number of carbonyl (C=O) groups excluding carboxylic acids is 1. The minimum absolute atomic E-state index is 0.217. The second-order valence-electron chi connectivity index (χ2n) is 3.59. The van der Waals surface area contributed by atoms with E-state index < -0.39 is 5.97 Å². The summed E-state index contributed by atoms with van der Waals surface area (Å²) in [6.07, 6.45) is 1.62. The molecule has 0 radical (unpaired) electrons. The molecule has 1 aromatic carbocycles. The summed E-state index contributed by atoms with van der Waals surface area (Å²) in [6, 6.07) is 9.75. The zero-order valence-corrected chi connectivity index (χ0v) is 9.46. The quantitative estimate of drug-likeness (QED) is 0.808. The number of methoxy groups -OCH3 is 1. The van der Waals surface area contributed by atoms with E-state index in [2.05, 4.69) is 9.72 Å². The summed E-state index contributed by atoms with van der Waals surface area (Å²) < 4.78 is 6.33. The predicted octanol–water partition coefficient (Wildman–Crippen LogP) is 1.30. The van der Waals surface area contributed by atoms with Crippen LogP contribution in [0.2, 0.25) is 0 Å². The predicted molar refractivity (Wildman–Crippen MR) is 63.5 cm³/mol. The first-order valence-corrected chi connectivity index (χ1v) is 5.15. The van der Waals surface area contributed by atoms with Crippen molar-refractivity contribution in [3.63, 3.8) is 0 Å². The lowest BCUT2D eigenvalue weighted by atomic mass is 10.2. The van der Waals surface area contributed by atoms with Crippen LogP contribution in [0.25, 0.3) is 0 Å². The molecule has 0 aliphatic heterocycles. The maximum atomic E-state index is 11.5. The highest BCUT2D eigenvalue weighted by Gasteiger charge is 2.15. The Morgan fingerprint density at radius 2 is 2.12 bits per heavy atom. The van der Waals surface area contributed by atoms with Crippen LogP contribution in [0.15, 0.2) is 36.5 Å². The molecule has 0 saturated carbocycles. The number of aromatic nitrogens is 2. The first kappa shape index (κ1) is 11.2. The minimum atomic E-state index is -0.488. The number of carbonyl (C=O) groups is 1. The van der Waals surface area contributed by atoms with Crippen LogP contribution in [0.4, 0.5) is 5.82 Å². The second kappa shape index (κ2) is 4.69. The van der Waals surface area contributed by atoms with Crippen LogP contribution in [0, 0.1) is 0 Å². The van der Waals surface area contributed by atoms with Gasteiger partial charge in [0.1, 0.15) is 5.82 Å². The summed E-state index contributed by atoms with van der Waals surface area (Å²) in [4.78, 5) is 15.4. The number of nitrogens with zero attached hydrogens (tertiary/aromatic N) is 2. The molecule has 88 valence electrons. The molecule has 2 rings (SSSR count). The molecule has 0 aliphatic rings. The van der Waals surface area contributed by atoms with E-state index >= 15 is 0 Å². The Labute approximate surface area is 98.8 Å². The monoisotopic (exact) mass is 231 g/mol. The molecule has 0 spiro atoms. The Morgan fingerprint density at radius 3 is 2.76 bits per heavy atom. The summed E-state index contributed by atoms with van der Waals surface area (Å²) >= 11 is 0. The van der Waals surface area contributed by atoms with Crippen molar-refractivity contribution in [3.05, 3.63) is 47.9 Å². The van der Waals surface area contributed by atoms with E-state index in [-0.39, 0.29) is 5.82 Å². The molecule has 0 aliphatic carbocycles. The van der Waals surface area contributed by atoms with Crippen molar-refractivity contribution in [1.82, 2.24) is 9.55 Å². The van der Waals surface area contributed by atoms with Gasteiger partial charge in [0.05, 0.1) is 7.11 Å². The third kappa shape index (κ3) is 2.44. The lowest BCUT2D eigenvalue weighted by molar-refractivity contribution is 0.0582. The van der Waals surface area contributed by atoms with Crippen molar-refractivity contribution in [1.29, 1.82) is 0 Å². The Hall–Kier alpha value is -2.30.